The SMILES string of the molecule is CC(C)[C@H](N)C(=O)N[C@H](C(=O)N[C@@H](CCCCN)C(=O)N[C@@H](Cc1ccc(O)cc1)C(=O)N[C@@H](Cc1c[nH]c2ccccc12)C(=O)N[C@@H](Cc1ccccc1)C(=O)N[C@@H](Cc1ccc(O)cc1)C(=O)N[C@@H](CCCN=C(N)N)C(=O)O)[C@@H](C)O. The molecule has 0 fully saturated rings. The number of carbonyl (C=O) groups excluding carboxylic acids is 7. The maximum atomic E-state index is 15.1. The zero-order chi connectivity index (χ0) is 61.5. The molecule has 0 bridgehead atoms. The molecule has 5 rings (SSSR count). The fraction of sp³-hybridized carbons (Fsp3) is 0.407. The molecular weight excluding hydrogens is 1080 g/mol. The number of aromatic hydroxyl groups is 2. The van der Waals surface area contributed by atoms with Gasteiger partial charge in [-0.1, -0.05) is 86.6 Å². The minimum absolute atomic E-state index is 0.00304. The number of aliphatic imine (C=N–C) groups is 1. The van der Waals surface area contributed by atoms with Crippen molar-refractivity contribution in [1.29, 1.82) is 0 Å². The number of phenolic OH excluding ortho intramolecular Hbond substituents is 2. The molecule has 0 spiro atoms. The van der Waals surface area contributed by atoms with Crippen LogP contribution in [-0.4, -0.2) is 146 Å². The maximum Gasteiger partial charge on any atom is 0.326 e. The van der Waals surface area contributed by atoms with Gasteiger partial charge in [0.2, 0.25) is 41.4 Å². The fourth-order valence-electron chi connectivity index (χ4n) is 9.05. The number of carbonyl (C=O) groups is 8. The monoisotopic (exact) mass is 1160 g/mol. The summed E-state index contributed by atoms with van der Waals surface area (Å²) in [6, 6.07) is 16.1. The molecule has 25 nitrogen and oxygen atoms in total. The molecule has 0 aliphatic heterocycles. The van der Waals surface area contributed by atoms with Gasteiger partial charge in [0, 0.05) is 49.3 Å². The molecule has 1 aromatic heterocycles. The van der Waals surface area contributed by atoms with E-state index in [4.69, 9.17) is 22.9 Å². The Morgan fingerprint density at radius 2 is 0.964 bits per heavy atom. The predicted molar refractivity (Wildman–Crippen MR) is 314 cm³/mol. The molecule has 25 heteroatoms. The predicted octanol–water partition coefficient (Wildman–Crippen LogP) is -0.125. The number of H-pyrrole nitrogens is 1. The van der Waals surface area contributed by atoms with Crippen LogP contribution in [0.1, 0.15) is 75.1 Å². The molecule has 0 radical (unpaired) electrons. The number of nitrogens with zero attached hydrogens (tertiary/aromatic N) is 1. The van der Waals surface area contributed by atoms with Crippen LogP contribution in [0.15, 0.2) is 114 Å². The summed E-state index contributed by atoms with van der Waals surface area (Å²) in [5.74, 6) is -8.04. The first-order chi connectivity index (χ1) is 40.0. The Bertz CT molecular complexity index is 3030. The number of aromatic amines is 1. The number of aliphatic hydroxyl groups is 1. The summed E-state index contributed by atoms with van der Waals surface area (Å²) in [6.45, 7) is 5.01. The summed E-state index contributed by atoms with van der Waals surface area (Å²) in [5.41, 5.74) is 25.5. The van der Waals surface area contributed by atoms with E-state index in [1.165, 1.54) is 55.5 Å². The molecule has 4 aromatic carbocycles. The van der Waals surface area contributed by atoms with Crippen LogP contribution in [0.4, 0.5) is 0 Å². The van der Waals surface area contributed by atoms with E-state index in [1.807, 2.05) is 6.07 Å². The Morgan fingerprint density at radius 3 is 1.44 bits per heavy atom. The van der Waals surface area contributed by atoms with Gasteiger partial charge in [-0.15, -0.1) is 0 Å². The van der Waals surface area contributed by atoms with Crippen LogP contribution >= 0.6 is 0 Å². The molecule has 0 aliphatic rings. The van der Waals surface area contributed by atoms with E-state index in [0.717, 1.165) is 0 Å². The summed E-state index contributed by atoms with van der Waals surface area (Å²) < 4.78 is 0. The zero-order valence-electron chi connectivity index (χ0n) is 47.3. The number of amides is 7. The molecule has 7 amide bonds. The lowest BCUT2D eigenvalue weighted by Gasteiger charge is -2.29. The van der Waals surface area contributed by atoms with E-state index < -0.39 is 102 Å². The van der Waals surface area contributed by atoms with Gasteiger partial charge in [0.15, 0.2) is 5.96 Å². The lowest BCUT2D eigenvalue weighted by molar-refractivity contribution is -0.142. The number of fused-ring (bicyclic) bond motifs is 1. The lowest BCUT2D eigenvalue weighted by Crippen LogP contribution is -2.62. The molecule has 20 N–H and O–H groups in total. The number of hydrogen-bond acceptors (Lipinski definition) is 14. The van der Waals surface area contributed by atoms with E-state index in [-0.39, 0.29) is 81.4 Å². The largest absolute Gasteiger partial charge is 0.508 e. The number of carboxylic acids is 1. The number of carboxylic acid groups (broad SMARTS) is 1. The topological polar surface area (TPSA) is 434 Å². The zero-order valence-corrected chi connectivity index (χ0v) is 47.3. The number of nitrogens with one attached hydrogen (secondary N) is 8. The summed E-state index contributed by atoms with van der Waals surface area (Å²) in [6.07, 6.45) is 0.331. The third-order valence-electron chi connectivity index (χ3n) is 13.9. The van der Waals surface area contributed by atoms with Crippen molar-refractivity contribution in [2.45, 2.75) is 133 Å². The van der Waals surface area contributed by atoms with E-state index >= 15 is 9.59 Å². The van der Waals surface area contributed by atoms with Crippen LogP contribution in [0.5, 0.6) is 11.5 Å². The number of guanidine groups is 1. The standard InChI is InChI=1S/C59H79N13O12/c1-33(2)49(61)56(81)72-50(34(3)73)57(82)66-43(16-9-10-26-60)51(76)68-47(30-37-20-24-40(75)25-21-37)54(79)71-48(31-38-32-65-42-15-8-7-14-41(38)42)55(80)70-45(28-35-12-5-4-6-13-35)53(78)69-46(29-36-18-22-39(74)23-19-36)52(77)67-44(58(83)84)17-11-27-64-59(62)63/h4-8,12-15,18-25,32-34,43-50,65,73-75H,9-11,16-17,26-31,60-61H2,1-3H3,(H,66,82)(H,67,77)(H,68,76)(H,69,78)(H,70,80)(H,71,79)(H,72,81)(H,83,84)(H4,62,63,64)/t34-,43+,44+,45+,46+,47+,48+,49+,50+/m1/s1. The van der Waals surface area contributed by atoms with Crippen LogP contribution in [0, 0.1) is 5.92 Å². The van der Waals surface area contributed by atoms with Crippen LogP contribution in [0.2, 0.25) is 0 Å². The molecule has 0 aliphatic carbocycles. The van der Waals surface area contributed by atoms with Gasteiger partial charge in [-0.05, 0) is 104 Å². The summed E-state index contributed by atoms with van der Waals surface area (Å²) in [4.78, 5) is 120. The number of para-hydroxylation sites is 1. The third kappa shape index (κ3) is 20.7. The highest BCUT2D eigenvalue weighted by Gasteiger charge is 2.36. The minimum Gasteiger partial charge on any atom is -0.508 e. The Labute approximate surface area is 486 Å². The number of aliphatic hydroxyl groups excluding tert-OH is 1. The summed E-state index contributed by atoms with van der Waals surface area (Å²) >= 11 is 0. The van der Waals surface area contributed by atoms with Gasteiger partial charge < -0.3 is 85.6 Å². The van der Waals surface area contributed by atoms with Crippen molar-refractivity contribution in [3.05, 3.63) is 132 Å². The highest BCUT2D eigenvalue weighted by Crippen LogP contribution is 2.21. The van der Waals surface area contributed by atoms with Crippen molar-refractivity contribution in [3.63, 3.8) is 0 Å². The number of phenols is 2. The van der Waals surface area contributed by atoms with Crippen molar-refractivity contribution < 1.29 is 58.8 Å². The number of benzene rings is 4. The van der Waals surface area contributed by atoms with Crippen LogP contribution in [0.3, 0.4) is 0 Å². The molecule has 452 valence electrons. The third-order valence-corrected chi connectivity index (χ3v) is 13.9. The highest BCUT2D eigenvalue weighted by molar-refractivity contribution is 5.98. The van der Waals surface area contributed by atoms with E-state index in [9.17, 15) is 49.2 Å². The smallest absolute Gasteiger partial charge is 0.326 e. The number of rotatable bonds is 33. The second-order valence-electron chi connectivity index (χ2n) is 20.9. The average molecular weight is 1160 g/mol. The van der Waals surface area contributed by atoms with Crippen molar-refractivity contribution in [2.24, 2.45) is 33.8 Å². The quantitative estimate of drug-likeness (QED) is 0.0148. The van der Waals surface area contributed by atoms with Gasteiger partial charge in [0.25, 0.3) is 0 Å². The second kappa shape index (κ2) is 32.5. The van der Waals surface area contributed by atoms with Gasteiger partial charge in [-0.25, -0.2) is 4.79 Å². The molecule has 0 unspecified atom stereocenters. The second-order valence-corrected chi connectivity index (χ2v) is 20.9. The van der Waals surface area contributed by atoms with Gasteiger partial charge in [0.05, 0.1) is 12.1 Å². The fourth-order valence-corrected chi connectivity index (χ4v) is 9.05. The Kier molecular flexibility index (Phi) is 25.5. The number of unbranched alkanes of at least 4 members (excludes halogenated alkanes) is 1. The Balaban J connectivity index is 1.51. The van der Waals surface area contributed by atoms with Crippen LogP contribution in [0.25, 0.3) is 10.9 Å². The van der Waals surface area contributed by atoms with E-state index in [0.29, 0.717) is 46.0 Å². The number of hydrogen-bond donors (Lipinski definition) is 16. The van der Waals surface area contributed by atoms with Gasteiger partial charge in [-0.3, -0.25) is 38.6 Å². The number of aromatic nitrogens is 1. The lowest BCUT2D eigenvalue weighted by atomic mass is 9.99. The van der Waals surface area contributed by atoms with Crippen LogP contribution in [-0.2, 0) is 64.0 Å². The van der Waals surface area contributed by atoms with Crippen LogP contribution < -0.4 is 60.2 Å². The molecule has 84 heavy (non-hydrogen) atoms. The number of nitrogens with two attached hydrogens (primary N) is 4. The van der Waals surface area contributed by atoms with Crippen molar-refractivity contribution in [3.8, 4) is 11.5 Å². The highest BCUT2D eigenvalue weighted by atomic mass is 16.4. The molecule has 9 atom stereocenters. The summed E-state index contributed by atoms with van der Waals surface area (Å²) in [5, 5.41) is 60.3. The van der Waals surface area contributed by atoms with Crippen molar-refractivity contribution in [2.75, 3.05) is 13.1 Å². The first kappa shape index (κ1) is 65.7. The minimum atomic E-state index is -1.54. The van der Waals surface area contributed by atoms with Gasteiger partial charge >= 0.3 is 5.97 Å². The maximum absolute atomic E-state index is 15.1. The molecule has 0 saturated carbocycles. The average Bonchev–Trinajstić information content (AvgIpc) is 3.84. The molecule has 5 aromatic rings. The molecule has 1 heterocycles. The van der Waals surface area contributed by atoms with Gasteiger partial charge in [-0.2, -0.15) is 0 Å². The first-order valence-electron chi connectivity index (χ1n) is 27.7. The molecule has 0 saturated heterocycles. The summed E-state index contributed by atoms with van der Waals surface area (Å²) in [7, 11) is 0. The molecular formula is C59H79N13O12. The normalized spacial score (nSPS) is 14.4. The Morgan fingerprint density at radius 1 is 0.524 bits per heavy atom. The number of aliphatic carboxylic acids is 1. The first-order valence-corrected chi connectivity index (χ1v) is 27.7. The van der Waals surface area contributed by atoms with Crippen molar-refractivity contribution >= 4 is 64.2 Å². The Hall–Kier alpha value is -9.07. The van der Waals surface area contributed by atoms with E-state index in [1.54, 1.807) is 68.6 Å². The van der Waals surface area contributed by atoms with E-state index in [2.05, 4.69) is 47.2 Å². The van der Waals surface area contributed by atoms with Crippen molar-refractivity contribution in [1.82, 2.24) is 42.2 Å². The van der Waals surface area contributed by atoms with Gasteiger partial charge in [0.1, 0.15) is 53.8 Å².